The normalized spacial score (nSPS) is 21.4. The number of nitrogens with one attached hydrogen (secondary N) is 1. The van der Waals surface area contributed by atoms with Gasteiger partial charge in [-0.2, -0.15) is 0 Å². The Hall–Kier alpha value is -1.88. The second kappa shape index (κ2) is 7.05. The van der Waals surface area contributed by atoms with Gasteiger partial charge in [-0.25, -0.2) is 4.79 Å². The number of hydrogen-bond donors (Lipinski definition) is 1. The Morgan fingerprint density at radius 3 is 2.80 bits per heavy atom. The number of esters is 1. The third-order valence-corrected chi connectivity index (χ3v) is 3.11. The molecule has 1 aromatic carbocycles. The van der Waals surface area contributed by atoms with Gasteiger partial charge in [0.1, 0.15) is 6.10 Å². The highest BCUT2D eigenvalue weighted by Gasteiger charge is 2.37. The van der Waals surface area contributed by atoms with Gasteiger partial charge in [-0.05, 0) is 18.6 Å². The first-order valence-corrected chi connectivity index (χ1v) is 6.87. The van der Waals surface area contributed by atoms with Crippen molar-refractivity contribution in [1.29, 1.82) is 0 Å². The van der Waals surface area contributed by atoms with Crippen LogP contribution >= 0.6 is 0 Å². The molecule has 0 aromatic heterocycles. The van der Waals surface area contributed by atoms with Gasteiger partial charge in [-0.1, -0.05) is 25.1 Å². The first-order valence-electron chi connectivity index (χ1n) is 6.87. The Morgan fingerprint density at radius 1 is 1.35 bits per heavy atom. The second-order valence-corrected chi connectivity index (χ2v) is 4.68. The standard InChI is InChI=1S/C15H19NO4/c1-2-9-16-14(17)13-12(8-10-19-13)20-15(18)11-6-4-3-5-7-11/h3-7,12-13H,2,8-10H2,1H3,(H,16,17). The Morgan fingerprint density at radius 2 is 2.10 bits per heavy atom. The zero-order valence-corrected chi connectivity index (χ0v) is 11.5. The summed E-state index contributed by atoms with van der Waals surface area (Å²) in [7, 11) is 0. The minimum absolute atomic E-state index is 0.213. The number of carbonyl (C=O) groups is 2. The van der Waals surface area contributed by atoms with E-state index in [9.17, 15) is 9.59 Å². The molecule has 0 radical (unpaired) electrons. The first kappa shape index (κ1) is 14.5. The number of hydrogen-bond acceptors (Lipinski definition) is 4. The van der Waals surface area contributed by atoms with Crippen molar-refractivity contribution in [2.24, 2.45) is 0 Å². The fourth-order valence-electron chi connectivity index (χ4n) is 2.06. The van der Waals surface area contributed by atoms with Crippen LogP contribution in [0.25, 0.3) is 0 Å². The average molecular weight is 277 g/mol. The number of ether oxygens (including phenoxy) is 2. The lowest BCUT2D eigenvalue weighted by molar-refractivity contribution is -0.133. The SMILES string of the molecule is CCCNC(=O)C1OCCC1OC(=O)c1ccccc1. The van der Waals surface area contributed by atoms with Gasteiger partial charge in [0.2, 0.25) is 0 Å². The van der Waals surface area contributed by atoms with Crippen molar-refractivity contribution in [3.8, 4) is 0 Å². The Kier molecular flexibility index (Phi) is 5.12. The van der Waals surface area contributed by atoms with Crippen LogP contribution in [0.15, 0.2) is 30.3 Å². The first-order chi connectivity index (χ1) is 9.72. The van der Waals surface area contributed by atoms with Crippen LogP contribution in [0.2, 0.25) is 0 Å². The van der Waals surface area contributed by atoms with Gasteiger partial charge in [-0.15, -0.1) is 0 Å². The fraction of sp³-hybridized carbons (Fsp3) is 0.467. The van der Waals surface area contributed by atoms with E-state index in [1.54, 1.807) is 24.3 Å². The summed E-state index contributed by atoms with van der Waals surface area (Å²) in [6.07, 6.45) is 0.184. The van der Waals surface area contributed by atoms with Crippen LogP contribution in [-0.4, -0.2) is 37.2 Å². The van der Waals surface area contributed by atoms with Gasteiger partial charge in [-0.3, -0.25) is 4.79 Å². The second-order valence-electron chi connectivity index (χ2n) is 4.68. The van der Waals surface area contributed by atoms with Crippen molar-refractivity contribution >= 4 is 11.9 Å². The molecule has 108 valence electrons. The lowest BCUT2D eigenvalue weighted by atomic mass is 10.1. The summed E-state index contributed by atoms with van der Waals surface area (Å²) in [5.74, 6) is -0.635. The van der Waals surface area contributed by atoms with Gasteiger partial charge in [0.05, 0.1) is 12.2 Å². The molecule has 0 aliphatic carbocycles. The molecule has 0 bridgehead atoms. The molecule has 1 fully saturated rings. The topological polar surface area (TPSA) is 64.6 Å². The molecule has 1 heterocycles. The van der Waals surface area contributed by atoms with E-state index in [4.69, 9.17) is 9.47 Å². The van der Waals surface area contributed by atoms with Crippen LogP contribution < -0.4 is 5.32 Å². The lowest BCUT2D eigenvalue weighted by Crippen LogP contribution is -2.42. The minimum Gasteiger partial charge on any atom is -0.455 e. The van der Waals surface area contributed by atoms with E-state index in [0.29, 0.717) is 25.1 Å². The van der Waals surface area contributed by atoms with Gasteiger partial charge in [0.25, 0.3) is 5.91 Å². The monoisotopic (exact) mass is 277 g/mol. The number of benzene rings is 1. The summed E-state index contributed by atoms with van der Waals surface area (Å²) in [6, 6.07) is 8.74. The highest BCUT2D eigenvalue weighted by molar-refractivity contribution is 5.90. The predicted octanol–water partition coefficient (Wildman–Crippen LogP) is 1.53. The van der Waals surface area contributed by atoms with Crippen LogP contribution in [0, 0.1) is 0 Å². The largest absolute Gasteiger partial charge is 0.455 e. The van der Waals surface area contributed by atoms with Crippen LogP contribution in [0.1, 0.15) is 30.1 Å². The molecule has 2 atom stereocenters. The maximum absolute atomic E-state index is 12.0. The highest BCUT2D eigenvalue weighted by Crippen LogP contribution is 2.19. The van der Waals surface area contributed by atoms with Crippen molar-refractivity contribution in [3.05, 3.63) is 35.9 Å². The van der Waals surface area contributed by atoms with Gasteiger partial charge in [0.15, 0.2) is 6.10 Å². The van der Waals surface area contributed by atoms with E-state index in [1.165, 1.54) is 0 Å². The van der Waals surface area contributed by atoms with Gasteiger partial charge in [0, 0.05) is 13.0 Å². The molecule has 2 rings (SSSR count). The molecule has 1 aromatic rings. The maximum Gasteiger partial charge on any atom is 0.338 e. The summed E-state index contributed by atoms with van der Waals surface area (Å²) in [5.41, 5.74) is 0.479. The van der Waals surface area contributed by atoms with E-state index < -0.39 is 18.2 Å². The van der Waals surface area contributed by atoms with Crippen LogP contribution in [0.3, 0.4) is 0 Å². The van der Waals surface area contributed by atoms with Crippen LogP contribution in [0.4, 0.5) is 0 Å². The van der Waals surface area contributed by atoms with Crippen molar-refractivity contribution in [2.75, 3.05) is 13.2 Å². The van der Waals surface area contributed by atoms with E-state index in [-0.39, 0.29) is 5.91 Å². The molecule has 1 amide bonds. The van der Waals surface area contributed by atoms with Gasteiger partial charge < -0.3 is 14.8 Å². The molecular weight excluding hydrogens is 258 g/mol. The zero-order chi connectivity index (χ0) is 14.4. The Balaban J connectivity index is 1.94. The molecule has 1 saturated heterocycles. The summed E-state index contributed by atoms with van der Waals surface area (Å²) in [5, 5.41) is 2.76. The van der Waals surface area contributed by atoms with E-state index in [0.717, 1.165) is 6.42 Å². The molecule has 0 saturated carbocycles. The summed E-state index contributed by atoms with van der Waals surface area (Å²) in [6.45, 7) is 3.00. The Labute approximate surface area is 118 Å². The molecule has 20 heavy (non-hydrogen) atoms. The molecule has 2 unspecified atom stereocenters. The average Bonchev–Trinajstić information content (AvgIpc) is 2.94. The van der Waals surface area contributed by atoms with Crippen molar-refractivity contribution in [1.82, 2.24) is 5.32 Å². The number of amides is 1. The summed E-state index contributed by atoms with van der Waals surface area (Å²) >= 11 is 0. The minimum atomic E-state index is -0.700. The molecule has 1 aliphatic rings. The zero-order valence-electron chi connectivity index (χ0n) is 11.5. The molecule has 0 spiro atoms. The maximum atomic E-state index is 12.0. The van der Waals surface area contributed by atoms with E-state index >= 15 is 0 Å². The fourth-order valence-corrected chi connectivity index (χ4v) is 2.06. The van der Waals surface area contributed by atoms with Gasteiger partial charge >= 0.3 is 5.97 Å². The third kappa shape index (κ3) is 3.57. The van der Waals surface area contributed by atoms with Crippen molar-refractivity contribution in [3.63, 3.8) is 0 Å². The summed E-state index contributed by atoms with van der Waals surface area (Å²) in [4.78, 5) is 23.9. The quantitative estimate of drug-likeness (QED) is 0.829. The Bertz CT molecular complexity index is 460. The number of carbonyl (C=O) groups excluding carboxylic acids is 2. The smallest absolute Gasteiger partial charge is 0.338 e. The van der Waals surface area contributed by atoms with Crippen molar-refractivity contribution in [2.45, 2.75) is 32.0 Å². The molecule has 5 nitrogen and oxygen atoms in total. The highest BCUT2D eigenvalue weighted by atomic mass is 16.6. The third-order valence-electron chi connectivity index (χ3n) is 3.11. The van der Waals surface area contributed by atoms with Crippen molar-refractivity contribution < 1.29 is 19.1 Å². The van der Waals surface area contributed by atoms with Crippen LogP contribution in [-0.2, 0) is 14.3 Å². The molecule has 1 N–H and O–H groups in total. The van der Waals surface area contributed by atoms with Crippen LogP contribution in [0.5, 0.6) is 0 Å². The molecule has 5 heteroatoms. The molecule has 1 aliphatic heterocycles. The van der Waals surface area contributed by atoms with E-state index in [1.807, 2.05) is 13.0 Å². The number of rotatable bonds is 5. The lowest BCUT2D eigenvalue weighted by Gasteiger charge is -2.18. The van der Waals surface area contributed by atoms with E-state index in [2.05, 4.69) is 5.32 Å². The molecular formula is C15H19NO4. The summed E-state index contributed by atoms with van der Waals surface area (Å²) < 4.78 is 10.8. The predicted molar refractivity (Wildman–Crippen MR) is 73.3 cm³/mol.